The van der Waals surface area contributed by atoms with E-state index in [1.54, 1.807) is 32.8 Å². The van der Waals surface area contributed by atoms with Crippen LogP contribution in [0, 0.1) is 16.7 Å². The highest BCUT2D eigenvalue weighted by Gasteiger charge is 2.60. The molecule has 3 atom stereocenters. The SMILES string of the molecule is CCC(C)c1cc2c3c(c1)N(c1ccc4c(c1)C(C)(C)CCC4(C)C)c1cc4c(cc1B3C1=C(C3C(S1)C(C)(C)CCC3(C)C)N2c1ccc2c(c1)C(C)(C)CCC2(C)C)C(C)(C)CCC4(C)C. The van der Waals surface area contributed by atoms with Crippen LogP contribution in [-0.4, -0.2) is 12.0 Å². The molecule has 4 aromatic carbocycles. The van der Waals surface area contributed by atoms with E-state index in [9.17, 15) is 0 Å². The Kier molecular flexibility index (Phi) is 10.1. The Morgan fingerprint density at radius 1 is 0.500 bits per heavy atom. The third-order valence-corrected chi connectivity index (χ3v) is 22.3. The summed E-state index contributed by atoms with van der Waals surface area (Å²) < 4.78 is 0. The third-order valence-electron chi connectivity index (χ3n) is 20.5. The molecule has 3 heterocycles. The molecule has 3 unspecified atom stereocenters. The lowest BCUT2D eigenvalue weighted by Crippen LogP contribution is -2.56. The zero-order chi connectivity index (χ0) is 48.8. The van der Waals surface area contributed by atoms with Crippen LogP contribution in [0.3, 0.4) is 0 Å². The first kappa shape index (κ1) is 47.0. The number of rotatable bonds is 4. The van der Waals surface area contributed by atoms with Crippen LogP contribution in [0.4, 0.5) is 28.4 Å². The lowest BCUT2D eigenvalue weighted by atomic mass is 9.35. The first-order chi connectivity index (χ1) is 31.5. The van der Waals surface area contributed by atoms with Crippen molar-refractivity contribution in [2.24, 2.45) is 16.7 Å². The molecule has 4 aliphatic carbocycles. The predicted molar refractivity (Wildman–Crippen MR) is 298 cm³/mol. The van der Waals surface area contributed by atoms with Crippen LogP contribution < -0.4 is 20.7 Å². The second-order valence-electron chi connectivity index (χ2n) is 28.8. The van der Waals surface area contributed by atoms with Crippen molar-refractivity contribution in [1.29, 1.82) is 0 Å². The fraction of sp³-hybridized carbons (Fsp3) is 0.594. The van der Waals surface area contributed by atoms with Crippen molar-refractivity contribution < 1.29 is 0 Å². The minimum Gasteiger partial charge on any atom is -0.314 e. The first-order valence-electron chi connectivity index (χ1n) is 27.2. The van der Waals surface area contributed by atoms with Crippen molar-refractivity contribution in [2.45, 2.75) is 226 Å². The molecule has 1 saturated carbocycles. The van der Waals surface area contributed by atoms with Gasteiger partial charge in [0.05, 0.1) is 0 Å². The van der Waals surface area contributed by atoms with Crippen LogP contribution in [0.15, 0.2) is 71.2 Å². The molecule has 2 nitrogen and oxygen atoms in total. The van der Waals surface area contributed by atoms with E-state index < -0.39 is 0 Å². The molecular formula is C64H85BN2S. The van der Waals surface area contributed by atoms with Crippen molar-refractivity contribution in [3.05, 3.63) is 110 Å². The average molecular weight is 925 g/mol. The highest BCUT2D eigenvalue weighted by Crippen LogP contribution is 2.66. The lowest BCUT2D eigenvalue weighted by molar-refractivity contribution is 0.0881. The number of anilines is 5. The molecule has 68 heavy (non-hydrogen) atoms. The van der Waals surface area contributed by atoms with Crippen molar-refractivity contribution in [1.82, 2.24) is 0 Å². The molecule has 4 aromatic rings. The van der Waals surface area contributed by atoms with Gasteiger partial charge in [0.15, 0.2) is 0 Å². The van der Waals surface area contributed by atoms with E-state index in [4.69, 9.17) is 0 Å². The fourth-order valence-electron chi connectivity index (χ4n) is 14.9. The largest absolute Gasteiger partial charge is 0.314 e. The van der Waals surface area contributed by atoms with Crippen LogP contribution >= 0.6 is 11.8 Å². The smallest absolute Gasteiger partial charge is 0.259 e. The summed E-state index contributed by atoms with van der Waals surface area (Å²) in [7, 11) is 0. The maximum Gasteiger partial charge on any atom is 0.259 e. The van der Waals surface area contributed by atoms with Gasteiger partial charge in [-0.3, -0.25) is 0 Å². The lowest BCUT2D eigenvalue weighted by Gasteiger charge is -2.52. The standard InChI is InChI=1S/C64H85BN2S/c1-19-38(2)39-32-50-53-51(33-39)67(41-21-23-43-45(35-41)60(9,10)27-25-58(43,5)6)54-52-55(64(17,18)31-30-63(52,15)16)68-56(54)65(53)48-36-46-47(62(13,14)29-28-61(46,11)12)37-49(48)66(50)40-20-22-42-44(34-40)59(7,8)26-24-57(42,3)4/h20-23,32-38,52,55H,19,24-31H2,1-18H3. The molecule has 1 fully saturated rings. The summed E-state index contributed by atoms with van der Waals surface area (Å²) in [5, 5.41) is 0.499. The van der Waals surface area contributed by atoms with E-state index in [1.807, 2.05) is 0 Å². The van der Waals surface area contributed by atoms with Crippen LogP contribution in [0.5, 0.6) is 0 Å². The summed E-state index contributed by atoms with van der Waals surface area (Å²) >= 11 is 2.30. The molecule has 11 rings (SSSR count). The highest BCUT2D eigenvalue weighted by atomic mass is 32.2. The van der Waals surface area contributed by atoms with Gasteiger partial charge in [-0.1, -0.05) is 143 Å². The molecule has 0 radical (unpaired) electrons. The molecule has 0 bridgehead atoms. The normalized spacial score (nSPS) is 26.9. The summed E-state index contributed by atoms with van der Waals surface area (Å²) in [5.41, 5.74) is 23.4. The summed E-state index contributed by atoms with van der Waals surface area (Å²) in [6, 6.07) is 26.4. The second-order valence-corrected chi connectivity index (χ2v) is 30.0. The van der Waals surface area contributed by atoms with E-state index in [-0.39, 0.29) is 50.0 Å². The molecule has 7 aliphatic rings. The summed E-state index contributed by atoms with van der Waals surface area (Å²) in [6.45, 7) is 45.6. The zero-order valence-electron chi connectivity index (χ0n) is 45.7. The Morgan fingerprint density at radius 2 is 0.926 bits per heavy atom. The van der Waals surface area contributed by atoms with E-state index >= 15 is 0 Å². The van der Waals surface area contributed by atoms with E-state index in [0.29, 0.717) is 17.1 Å². The number of fused-ring (bicyclic) bond motifs is 8. The van der Waals surface area contributed by atoms with Gasteiger partial charge in [0.1, 0.15) is 0 Å². The van der Waals surface area contributed by atoms with Gasteiger partial charge in [-0.15, -0.1) is 11.8 Å². The molecular weight excluding hydrogens is 840 g/mol. The molecule has 0 amide bonds. The fourth-order valence-corrected chi connectivity index (χ4v) is 17.0. The van der Waals surface area contributed by atoms with Crippen LogP contribution in [0.2, 0.25) is 0 Å². The highest BCUT2D eigenvalue weighted by molar-refractivity contribution is 8.06. The number of hydrogen-bond donors (Lipinski definition) is 0. The van der Waals surface area contributed by atoms with Gasteiger partial charge in [0, 0.05) is 45.3 Å². The topological polar surface area (TPSA) is 6.48 Å². The molecule has 360 valence electrons. The van der Waals surface area contributed by atoms with Gasteiger partial charge < -0.3 is 9.80 Å². The quantitative estimate of drug-likeness (QED) is 0.188. The number of benzene rings is 4. The van der Waals surface area contributed by atoms with E-state index in [0.717, 1.165) is 6.42 Å². The Morgan fingerprint density at radius 3 is 1.43 bits per heavy atom. The van der Waals surface area contributed by atoms with Crippen LogP contribution in [0.25, 0.3) is 0 Å². The maximum absolute atomic E-state index is 2.91. The molecule has 0 spiro atoms. The maximum atomic E-state index is 2.91. The number of nitrogens with zero attached hydrogens (tertiary/aromatic N) is 2. The molecule has 4 heteroatoms. The number of thioether (sulfide) groups is 1. The molecule has 0 aromatic heterocycles. The molecule has 0 N–H and O–H groups in total. The van der Waals surface area contributed by atoms with Gasteiger partial charge in [0.25, 0.3) is 6.71 Å². The minimum absolute atomic E-state index is 0.0884. The average Bonchev–Trinajstić information content (AvgIpc) is 3.69. The monoisotopic (exact) mass is 925 g/mol. The van der Waals surface area contributed by atoms with Crippen molar-refractivity contribution in [2.75, 3.05) is 9.80 Å². The van der Waals surface area contributed by atoms with Crippen LogP contribution in [-0.2, 0) is 32.5 Å². The van der Waals surface area contributed by atoms with Gasteiger partial charge in [0.2, 0.25) is 0 Å². The van der Waals surface area contributed by atoms with E-state index in [2.05, 4.69) is 207 Å². The Labute approximate surface area is 418 Å². The summed E-state index contributed by atoms with van der Waals surface area (Å²) in [6.07, 6.45) is 10.9. The van der Waals surface area contributed by atoms with Crippen molar-refractivity contribution in [3.8, 4) is 0 Å². The predicted octanol–water partition coefficient (Wildman–Crippen LogP) is 17.1. The Bertz CT molecular complexity index is 2830. The molecule has 0 saturated heterocycles. The Balaban J connectivity index is 1.28. The summed E-state index contributed by atoms with van der Waals surface area (Å²) in [5.74, 6) is 0.845. The Hall–Kier alpha value is -3.37. The van der Waals surface area contributed by atoms with Crippen LogP contribution in [0.1, 0.15) is 227 Å². The van der Waals surface area contributed by atoms with Gasteiger partial charge in [-0.2, -0.15) is 0 Å². The van der Waals surface area contributed by atoms with Gasteiger partial charge in [-0.05, 0) is 204 Å². The number of hydrogen-bond acceptors (Lipinski definition) is 3. The first-order valence-corrected chi connectivity index (χ1v) is 28.1. The van der Waals surface area contributed by atoms with Crippen molar-refractivity contribution in [3.63, 3.8) is 0 Å². The third kappa shape index (κ3) is 6.69. The second kappa shape index (κ2) is 14.6. The van der Waals surface area contributed by atoms with Gasteiger partial charge >= 0.3 is 0 Å². The molecule has 3 aliphatic heterocycles. The zero-order valence-corrected chi connectivity index (χ0v) is 46.6. The minimum atomic E-state index is 0.0884. The summed E-state index contributed by atoms with van der Waals surface area (Å²) in [4.78, 5) is 7.34. The van der Waals surface area contributed by atoms with Crippen molar-refractivity contribution >= 4 is 57.8 Å². The number of allylic oxidation sites excluding steroid dienone is 1. The van der Waals surface area contributed by atoms with Gasteiger partial charge in [-0.25, -0.2) is 0 Å². The van der Waals surface area contributed by atoms with E-state index in [1.165, 1.54) is 107 Å².